The summed E-state index contributed by atoms with van der Waals surface area (Å²) < 4.78 is 0. The Kier molecular flexibility index (Phi) is 6.30. The highest BCUT2D eigenvalue weighted by molar-refractivity contribution is 6.29. The summed E-state index contributed by atoms with van der Waals surface area (Å²) in [6.45, 7) is 0. The molecule has 0 bridgehead atoms. The topological polar surface area (TPSA) is 95.2 Å². The van der Waals surface area contributed by atoms with E-state index in [0.717, 1.165) is 76.8 Å². The quantitative estimate of drug-likeness (QED) is 0.166. The zero-order valence-electron chi connectivity index (χ0n) is 30.6. The number of benzene rings is 10. The van der Waals surface area contributed by atoms with E-state index >= 15 is 0 Å². The normalized spacial score (nSPS) is 11.7. The van der Waals surface area contributed by atoms with Crippen LogP contribution in [0.3, 0.4) is 0 Å². The van der Waals surface area contributed by atoms with Crippen molar-refractivity contribution in [2.24, 2.45) is 0 Å². The Morgan fingerprint density at radius 2 is 0.586 bits per heavy atom. The molecule has 0 N–H and O–H groups in total. The largest absolute Gasteiger partial charge is 0.192 e. The summed E-state index contributed by atoms with van der Waals surface area (Å²) >= 11 is 0. The molecule has 0 atom stereocenters. The summed E-state index contributed by atoms with van der Waals surface area (Å²) in [5.74, 6) is 0. The monoisotopic (exact) mass is 728 g/mol. The van der Waals surface area contributed by atoms with Crippen molar-refractivity contribution in [2.45, 2.75) is 0 Å². The Hall–Kier alpha value is -8.54. The van der Waals surface area contributed by atoms with E-state index in [2.05, 4.69) is 133 Å². The second-order valence-electron chi connectivity index (χ2n) is 15.2. The first kappa shape index (κ1) is 31.8. The lowest BCUT2D eigenvalue weighted by atomic mass is 9.83. The highest BCUT2D eigenvalue weighted by atomic mass is 14.3. The van der Waals surface area contributed by atoms with E-state index in [-0.39, 0.29) is 0 Å². The van der Waals surface area contributed by atoms with Gasteiger partial charge in [0.1, 0.15) is 0 Å². The molecular weight excluding hydrogens is 705 g/mol. The molecule has 4 nitrogen and oxygen atoms in total. The van der Waals surface area contributed by atoms with Gasteiger partial charge in [0.15, 0.2) is 0 Å². The van der Waals surface area contributed by atoms with Gasteiger partial charge < -0.3 is 0 Å². The third-order valence-electron chi connectivity index (χ3n) is 12.4. The zero-order valence-corrected chi connectivity index (χ0v) is 30.6. The van der Waals surface area contributed by atoms with E-state index in [1.165, 1.54) is 32.7 Å². The van der Waals surface area contributed by atoms with Crippen LogP contribution in [0.2, 0.25) is 0 Å². The smallest absolute Gasteiger partial charge is 0.0998 e. The number of rotatable bonds is 2. The second-order valence-corrected chi connectivity index (χ2v) is 15.2. The van der Waals surface area contributed by atoms with Gasteiger partial charge in [0, 0.05) is 11.1 Å². The molecule has 58 heavy (non-hydrogen) atoms. The van der Waals surface area contributed by atoms with Crippen LogP contribution in [0.4, 0.5) is 0 Å². The van der Waals surface area contributed by atoms with Crippen LogP contribution in [0, 0.1) is 45.3 Å². The molecule has 0 aliphatic heterocycles. The average Bonchev–Trinajstić information content (AvgIpc) is 3.77. The molecule has 0 saturated carbocycles. The maximum absolute atomic E-state index is 10.5. The van der Waals surface area contributed by atoms with Crippen LogP contribution in [0.5, 0.6) is 0 Å². The van der Waals surface area contributed by atoms with Gasteiger partial charge in [-0.05, 0) is 182 Å². The van der Waals surface area contributed by atoms with Crippen molar-refractivity contribution in [1.82, 2.24) is 0 Å². The number of hydrogen-bond donors (Lipinski definition) is 0. The van der Waals surface area contributed by atoms with E-state index in [9.17, 15) is 21.0 Å². The van der Waals surface area contributed by atoms with Gasteiger partial charge in [0.2, 0.25) is 0 Å². The van der Waals surface area contributed by atoms with Gasteiger partial charge in [-0.1, -0.05) is 72.8 Å². The number of fused-ring (bicyclic) bond motifs is 11. The summed E-state index contributed by atoms with van der Waals surface area (Å²) in [5.41, 5.74) is 14.2. The summed E-state index contributed by atoms with van der Waals surface area (Å²) in [6.07, 6.45) is 0. The Balaban J connectivity index is 1.31. The van der Waals surface area contributed by atoms with Crippen molar-refractivity contribution in [3.8, 4) is 91.0 Å². The van der Waals surface area contributed by atoms with E-state index in [0.29, 0.717) is 33.4 Å². The molecule has 0 unspecified atom stereocenters. The van der Waals surface area contributed by atoms with E-state index < -0.39 is 0 Å². The van der Waals surface area contributed by atoms with Crippen LogP contribution in [0.15, 0.2) is 146 Å². The van der Waals surface area contributed by atoms with Crippen molar-refractivity contribution < 1.29 is 0 Å². The Bertz CT molecular complexity index is 3520. The van der Waals surface area contributed by atoms with E-state index in [1.807, 2.05) is 12.1 Å². The van der Waals surface area contributed by atoms with E-state index in [4.69, 9.17) is 0 Å². The maximum Gasteiger partial charge on any atom is 0.0998 e. The predicted octanol–water partition coefficient (Wildman–Crippen LogP) is 13.6. The SMILES string of the molecule is N#Cc1ccc(C#N)c(-c2cc3c4cc5c(cc4c(-c4cc(C#N)ccc4C#N)cc3c3cc4c(cc23)-c2cccc3cccc-4c23)-c2cccc3cccc-5c23)c1. The maximum atomic E-state index is 10.5. The minimum Gasteiger partial charge on any atom is -0.192 e. The highest BCUT2D eigenvalue weighted by Gasteiger charge is 2.27. The zero-order chi connectivity index (χ0) is 38.8. The van der Waals surface area contributed by atoms with Crippen molar-refractivity contribution in [3.05, 3.63) is 168 Å². The Morgan fingerprint density at radius 3 is 0.931 bits per heavy atom. The van der Waals surface area contributed by atoms with Gasteiger partial charge in [-0.25, -0.2) is 0 Å². The molecule has 4 heteroatoms. The fraction of sp³-hybridized carbons (Fsp3) is 0. The fourth-order valence-corrected chi connectivity index (χ4v) is 9.92. The lowest BCUT2D eigenvalue weighted by Gasteiger charge is -2.19. The first-order valence-electron chi connectivity index (χ1n) is 19.1. The van der Waals surface area contributed by atoms with Gasteiger partial charge in [-0.2, -0.15) is 21.0 Å². The number of hydrogen-bond acceptors (Lipinski definition) is 4. The average molecular weight is 729 g/mol. The molecule has 0 amide bonds. The molecule has 0 radical (unpaired) electrons. The molecule has 2 aliphatic carbocycles. The van der Waals surface area contributed by atoms with Crippen LogP contribution < -0.4 is 0 Å². The lowest BCUT2D eigenvalue weighted by molar-refractivity contribution is 1.45. The summed E-state index contributed by atoms with van der Waals surface area (Å²) in [5, 5.41) is 51.8. The molecule has 0 spiro atoms. The first-order chi connectivity index (χ1) is 28.6. The third kappa shape index (κ3) is 4.13. The molecule has 12 rings (SSSR count). The lowest BCUT2D eigenvalue weighted by Crippen LogP contribution is -1.94. The molecule has 0 saturated heterocycles. The van der Waals surface area contributed by atoms with Crippen LogP contribution in [-0.2, 0) is 0 Å². The minimum atomic E-state index is 0.478. The fourth-order valence-electron chi connectivity index (χ4n) is 9.92. The van der Waals surface area contributed by atoms with Crippen molar-refractivity contribution in [2.75, 3.05) is 0 Å². The molecule has 0 fully saturated rings. The Labute approximate surface area is 332 Å². The molecule has 0 aromatic heterocycles. The van der Waals surface area contributed by atoms with Crippen LogP contribution in [0.25, 0.3) is 121 Å². The molecule has 10 aromatic carbocycles. The summed E-state index contributed by atoms with van der Waals surface area (Å²) in [7, 11) is 0. The summed E-state index contributed by atoms with van der Waals surface area (Å²) in [4.78, 5) is 0. The Morgan fingerprint density at radius 1 is 0.259 bits per heavy atom. The summed E-state index contributed by atoms with van der Waals surface area (Å²) in [6, 6.07) is 59.3. The van der Waals surface area contributed by atoms with Gasteiger partial charge in [-0.15, -0.1) is 0 Å². The molecule has 10 aromatic rings. The van der Waals surface area contributed by atoms with Gasteiger partial charge in [-0.3, -0.25) is 0 Å². The van der Waals surface area contributed by atoms with Gasteiger partial charge in [0.25, 0.3) is 0 Å². The number of nitrogens with zero attached hydrogens (tertiary/aromatic N) is 4. The van der Waals surface area contributed by atoms with Crippen molar-refractivity contribution in [1.29, 1.82) is 21.0 Å². The van der Waals surface area contributed by atoms with Gasteiger partial charge >= 0.3 is 0 Å². The van der Waals surface area contributed by atoms with Gasteiger partial charge in [0.05, 0.1) is 46.5 Å². The molecular formula is C54H24N4. The molecule has 2 aliphatic rings. The highest BCUT2D eigenvalue weighted by Crippen LogP contribution is 2.54. The van der Waals surface area contributed by atoms with Crippen molar-refractivity contribution in [3.63, 3.8) is 0 Å². The molecule has 0 heterocycles. The van der Waals surface area contributed by atoms with Crippen molar-refractivity contribution >= 4 is 53.9 Å². The van der Waals surface area contributed by atoms with Crippen LogP contribution in [-0.4, -0.2) is 0 Å². The minimum absolute atomic E-state index is 0.478. The second kappa shape index (κ2) is 11.5. The van der Waals surface area contributed by atoms with E-state index in [1.54, 1.807) is 24.3 Å². The van der Waals surface area contributed by atoms with Crippen LogP contribution in [0.1, 0.15) is 22.3 Å². The number of nitriles is 4. The standard InChI is InChI=1S/C54H24N4/c55-25-29-13-15-33(27-57)39(17-29)45-23-52-50-22-44-38-12-4-8-32-6-2-10-36(54(32)38)42(44)20-48(50)46(40-18-30(26-56)14-16-34(40)28-58)24-51(52)49-21-43-37-11-3-7-31-5-1-9-35(53(31)37)41(43)19-47(45)49/h1-24H. The predicted molar refractivity (Wildman–Crippen MR) is 233 cm³/mol. The van der Waals surface area contributed by atoms with Crippen LogP contribution >= 0.6 is 0 Å². The third-order valence-corrected chi connectivity index (χ3v) is 12.4. The first-order valence-corrected chi connectivity index (χ1v) is 19.1. The molecule has 260 valence electrons.